The van der Waals surface area contributed by atoms with Crippen LogP contribution in [0.25, 0.3) is 0 Å². The Balaban J connectivity index is 2.49. The van der Waals surface area contributed by atoms with Crippen molar-refractivity contribution in [1.82, 2.24) is 4.98 Å². The Kier molecular flexibility index (Phi) is 4.92. The number of rotatable bonds is 6. The van der Waals surface area contributed by atoms with Gasteiger partial charge in [-0.25, -0.2) is 4.98 Å². The summed E-state index contributed by atoms with van der Waals surface area (Å²) in [5, 5.41) is 0. The van der Waals surface area contributed by atoms with Gasteiger partial charge in [0.05, 0.1) is 0 Å². The predicted molar refractivity (Wildman–Crippen MR) is 64.9 cm³/mol. The number of pyridine rings is 1. The van der Waals surface area contributed by atoms with Crippen LogP contribution in [0.5, 0.6) is 0 Å². The maximum absolute atomic E-state index is 11.7. The summed E-state index contributed by atoms with van der Waals surface area (Å²) >= 11 is 0. The highest BCUT2D eigenvalue weighted by Gasteiger charge is 2.11. The first-order chi connectivity index (χ1) is 7.63. The smallest absolute Gasteiger partial charge is 0.138 e. The molecule has 1 aromatic heterocycles. The minimum Gasteiger partial charge on any atom is -0.383 e. The molecule has 88 valence electrons. The first-order valence-electron chi connectivity index (χ1n) is 5.60. The van der Waals surface area contributed by atoms with Gasteiger partial charge in [-0.2, -0.15) is 0 Å². The lowest BCUT2D eigenvalue weighted by molar-refractivity contribution is -0.118. The lowest BCUT2D eigenvalue weighted by Gasteiger charge is -2.09. The van der Waals surface area contributed by atoms with Gasteiger partial charge >= 0.3 is 0 Å². The van der Waals surface area contributed by atoms with E-state index in [0.29, 0.717) is 18.7 Å². The van der Waals surface area contributed by atoms with Gasteiger partial charge in [0.1, 0.15) is 11.6 Å². The van der Waals surface area contributed by atoms with Crippen LogP contribution in [0.15, 0.2) is 18.3 Å². The van der Waals surface area contributed by atoms with Crippen LogP contribution >= 0.6 is 0 Å². The Bertz CT molecular complexity index is 352. The molecule has 1 unspecified atom stereocenters. The summed E-state index contributed by atoms with van der Waals surface area (Å²) < 4.78 is 0. The van der Waals surface area contributed by atoms with Gasteiger partial charge < -0.3 is 11.5 Å². The van der Waals surface area contributed by atoms with Crippen molar-refractivity contribution in [2.24, 2.45) is 5.73 Å². The molecule has 4 heteroatoms. The molecule has 1 atom stereocenters. The topological polar surface area (TPSA) is 82.0 Å². The van der Waals surface area contributed by atoms with E-state index in [1.54, 1.807) is 12.3 Å². The molecular weight excluding hydrogens is 202 g/mol. The molecule has 0 spiro atoms. The van der Waals surface area contributed by atoms with Crippen molar-refractivity contribution >= 4 is 11.6 Å². The lowest BCUT2D eigenvalue weighted by atomic mass is 10.0. The third-order valence-corrected chi connectivity index (χ3v) is 2.46. The zero-order valence-electron chi connectivity index (χ0n) is 9.65. The number of carbonyl (C=O) groups is 1. The quantitative estimate of drug-likeness (QED) is 0.758. The molecule has 1 heterocycles. The summed E-state index contributed by atoms with van der Waals surface area (Å²) in [5.74, 6) is 0.556. The van der Waals surface area contributed by atoms with Crippen molar-refractivity contribution in [2.75, 3.05) is 5.73 Å². The number of Topliss-reactive ketones (excluding diaryl/α,β-unsaturated/α-hetero) is 1. The van der Waals surface area contributed by atoms with Crippen LogP contribution in [0.2, 0.25) is 0 Å². The Hall–Kier alpha value is -1.42. The molecule has 4 nitrogen and oxygen atoms in total. The number of ketones is 1. The number of nitrogen functional groups attached to an aromatic ring is 1. The van der Waals surface area contributed by atoms with Crippen molar-refractivity contribution in [3.8, 4) is 0 Å². The highest BCUT2D eigenvalue weighted by molar-refractivity contribution is 5.82. The van der Waals surface area contributed by atoms with Crippen molar-refractivity contribution in [3.63, 3.8) is 0 Å². The third kappa shape index (κ3) is 3.98. The average Bonchev–Trinajstić information content (AvgIpc) is 2.21. The minimum absolute atomic E-state index is 0.0320. The second-order valence-electron chi connectivity index (χ2n) is 4.02. The molecule has 0 aromatic carbocycles. The number of anilines is 1. The maximum Gasteiger partial charge on any atom is 0.138 e. The van der Waals surface area contributed by atoms with E-state index in [9.17, 15) is 4.79 Å². The van der Waals surface area contributed by atoms with Crippen LogP contribution in [-0.4, -0.2) is 16.8 Å². The second-order valence-corrected chi connectivity index (χ2v) is 4.02. The van der Waals surface area contributed by atoms with E-state index in [4.69, 9.17) is 11.5 Å². The molecule has 0 saturated carbocycles. The standard InChI is InChI=1S/C12H19N3O/c1-2-4-10(13)8-11(16)7-9-5-3-6-15-12(9)14/h3,5-6,10H,2,4,7-8,13H2,1H3,(H2,14,15). The SMILES string of the molecule is CCCC(N)CC(=O)Cc1cccnc1N. The van der Waals surface area contributed by atoms with E-state index in [0.717, 1.165) is 18.4 Å². The van der Waals surface area contributed by atoms with Crippen molar-refractivity contribution < 1.29 is 4.79 Å². The molecule has 0 amide bonds. The molecule has 0 radical (unpaired) electrons. The zero-order valence-corrected chi connectivity index (χ0v) is 9.65. The van der Waals surface area contributed by atoms with Gasteiger partial charge in [-0.15, -0.1) is 0 Å². The number of hydrogen-bond donors (Lipinski definition) is 2. The van der Waals surface area contributed by atoms with Crippen LogP contribution in [0.3, 0.4) is 0 Å². The highest BCUT2D eigenvalue weighted by Crippen LogP contribution is 2.10. The van der Waals surface area contributed by atoms with Gasteiger partial charge in [0, 0.05) is 30.6 Å². The fourth-order valence-electron chi connectivity index (χ4n) is 1.65. The summed E-state index contributed by atoms with van der Waals surface area (Å²) in [4.78, 5) is 15.6. The monoisotopic (exact) mass is 221 g/mol. The summed E-state index contributed by atoms with van der Waals surface area (Å²) in [5.41, 5.74) is 12.3. The van der Waals surface area contributed by atoms with Crippen LogP contribution in [0, 0.1) is 0 Å². The Morgan fingerprint density at radius 3 is 2.94 bits per heavy atom. The van der Waals surface area contributed by atoms with Gasteiger partial charge in [0.2, 0.25) is 0 Å². The fraction of sp³-hybridized carbons (Fsp3) is 0.500. The first kappa shape index (κ1) is 12.6. The van der Waals surface area contributed by atoms with Gasteiger partial charge in [-0.05, 0) is 12.5 Å². The maximum atomic E-state index is 11.7. The molecule has 1 rings (SSSR count). The van der Waals surface area contributed by atoms with E-state index in [1.807, 2.05) is 6.07 Å². The Morgan fingerprint density at radius 2 is 2.31 bits per heavy atom. The molecule has 16 heavy (non-hydrogen) atoms. The van der Waals surface area contributed by atoms with E-state index in [2.05, 4.69) is 11.9 Å². The third-order valence-electron chi connectivity index (χ3n) is 2.46. The van der Waals surface area contributed by atoms with Crippen molar-refractivity contribution in [2.45, 2.75) is 38.6 Å². The van der Waals surface area contributed by atoms with Crippen LogP contribution in [0.1, 0.15) is 31.7 Å². The van der Waals surface area contributed by atoms with Crippen molar-refractivity contribution in [3.05, 3.63) is 23.9 Å². The number of carbonyl (C=O) groups excluding carboxylic acids is 1. The Labute approximate surface area is 96.0 Å². The van der Waals surface area contributed by atoms with Gasteiger partial charge in [0.25, 0.3) is 0 Å². The normalized spacial score (nSPS) is 12.4. The van der Waals surface area contributed by atoms with E-state index in [-0.39, 0.29) is 11.8 Å². The number of hydrogen-bond acceptors (Lipinski definition) is 4. The summed E-state index contributed by atoms with van der Waals surface area (Å²) in [6, 6.07) is 3.58. The molecule has 0 fully saturated rings. The summed E-state index contributed by atoms with van der Waals surface area (Å²) in [6.07, 6.45) is 4.25. The molecule has 0 aliphatic rings. The predicted octanol–water partition coefficient (Wildman–Crippen LogP) is 1.29. The number of aromatic nitrogens is 1. The number of nitrogens with zero attached hydrogens (tertiary/aromatic N) is 1. The molecule has 4 N–H and O–H groups in total. The Morgan fingerprint density at radius 1 is 1.56 bits per heavy atom. The van der Waals surface area contributed by atoms with Gasteiger partial charge in [-0.3, -0.25) is 4.79 Å². The molecule has 0 saturated heterocycles. The van der Waals surface area contributed by atoms with Crippen LogP contribution in [0.4, 0.5) is 5.82 Å². The van der Waals surface area contributed by atoms with E-state index < -0.39 is 0 Å². The summed E-state index contributed by atoms with van der Waals surface area (Å²) in [6.45, 7) is 2.06. The van der Waals surface area contributed by atoms with Crippen molar-refractivity contribution in [1.29, 1.82) is 0 Å². The van der Waals surface area contributed by atoms with Crippen LogP contribution in [-0.2, 0) is 11.2 Å². The summed E-state index contributed by atoms with van der Waals surface area (Å²) in [7, 11) is 0. The van der Waals surface area contributed by atoms with Gasteiger partial charge in [-0.1, -0.05) is 19.4 Å². The largest absolute Gasteiger partial charge is 0.383 e. The van der Waals surface area contributed by atoms with E-state index >= 15 is 0 Å². The molecule has 0 aliphatic carbocycles. The van der Waals surface area contributed by atoms with E-state index in [1.165, 1.54) is 0 Å². The van der Waals surface area contributed by atoms with Crippen LogP contribution < -0.4 is 11.5 Å². The number of nitrogens with two attached hydrogens (primary N) is 2. The first-order valence-corrected chi connectivity index (χ1v) is 5.60. The molecule has 1 aromatic rings. The second kappa shape index (κ2) is 6.23. The van der Waals surface area contributed by atoms with Gasteiger partial charge in [0.15, 0.2) is 0 Å². The molecule has 0 bridgehead atoms. The fourth-order valence-corrected chi connectivity index (χ4v) is 1.65. The molecular formula is C12H19N3O. The molecule has 0 aliphatic heterocycles. The lowest BCUT2D eigenvalue weighted by Crippen LogP contribution is -2.24. The highest BCUT2D eigenvalue weighted by atomic mass is 16.1. The average molecular weight is 221 g/mol. The minimum atomic E-state index is -0.0320. The zero-order chi connectivity index (χ0) is 12.0.